The summed E-state index contributed by atoms with van der Waals surface area (Å²) in [4.78, 5) is 26.4. The van der Waals surface area contributed by atoms with Gasteiger partial charge in [0.15, 0.2) is 0 Å². The number of hydrogen-bond donors (Lipinski definition) is 2. The topological polar surface area (TPSA) is 75.4 Å². The lowest BCUT2D eigenvalue weighted by atomic mass is 10.1. The Morgan fingerprint density at radius 3 is 2.57 bits per heavy atom. The molecule has 1 unspecified atom stereocenters. The Morgan fingerprint density at radius 1 is 1.24 bits per heavy atom. The van der Waals surface area contributed by atoms with Crippen molar-refractivity contribution in [1.29, 1.82) is 0 Å². The highest BCUT2D eigenvalue weighted by Gasteiger charge is 2.24. The minimum atomic E-state index is -0.517. The molecular formula is C16H23N3O2. The molecule has 0 aliphatic carbocycles. The number of likely N-dealkylation sites (tertiary alicyclic amines) is 1. The lowest BCUT2D eigenvalue weighted by Gasteiger charge is -2.29. The molecule has 114 valence electrons. The number of carbonyl (C=O) groups excluding carboxylic acids is 2. The molecule has 1 fully saturated rings. The van der Waals surface area contributed by atoms with Crippen molar-refractivity contribution >= 4 is 17.5 Å². The molecule has 1 aromatic rings. The van der Waals surface area contributed by atoms with Crippen molar-refractivity contribution in [3.8, 4) is 0 Å². The maximum atomic E-state index is 12.3. The Hall–Kier alpha value is -2.04. The largest absolute Gasteiger partial charge is 0.399 e. The number of nitrogens with two attached hydrogens (primary N) is 1. The van der Waals surface area contributed by atoms with Gasteiger partial charge >= 0.3 is 0 Å². The zero-order valence-electron chi connectivity index (χ0n) is 12.7. The van der Waals surface area contributed by atoms with Crippen LogP contribution in [0.2, 0.25) is 0 Å². The molecule has 1 aromatic carbocycles. The number of amides is 2. The van der Waals surface area contributed by atoms with Crippen LogP contribution in [-0.2, 0) is 4.79 Å². The fraction of sp³-hybridized carbons (Fsp3) is 0.500. The highest BCUT2D eigenvalue weighted by atomic mass is 16.2. The van der Waals surface area contributed by atoms with Crippen molar-refractivity contribution in [2.45, 2.75) is 39.2 Å². The lowest BCUT2D eigenvalue weighted by Crippen LogP contribution is -2.48. The SMILES string of the molecule is Cc1ccc(N)cc1C(=O)NC(C)C(=O)N1CCCCC1. The number of hydrogen-bond acceptors (Lipinski definition) is 3. The highest BCUT2D eigenvalue weighted by molar-refractivity contribution is 5.99. The minimum Gasteiger partial charge on any atom is -0.399 e. The molecule has 0 saturated carbocycles. The standard InChI is InChI=1S/C16H23N3O2/c1-11-6-7-13(17)10-14(11)15(20)18-12(2)16(21)19-8-4-3-5-9-19/h6-7,10,12H,3-5,8-9,17H2,1-2H3,(H,18,20). The fourth-order valence-electron chi connectivity index (χ4n) is 2.61. The number of nitrogens with zero attached hydrogens (tertiary/aromatic N) is 1. The number of nitrogens with one attached hydrogen (secondary N) is 1. The van der Waals surface area contributed by atoms with Crippen LogP contribution in [0, 0.1) is 6.92 Å². The predicted molar refractivity (Wildman–Crippen MR) is 83.0 cm³/mol. The summed E-state index contributed by atoms with van der Waals surface area (Å²) in [6.45, 7) is 5.16. The van der Waals surface area contributed by atoms with Crippen molar-refractivity contribution in [2.75, 3.05) is 18.8 Å². The molecule has 1 heterocycles. The van der Waals surface area contributed by atoms with Gasteiger partial charge in [0.25, 0.3) is 5.91 Å². The first-order valence-electron chi connectivity index (χ1n) is 7.45. The van der Waals surface area contributed by atoms with Crippen molar-refractivity contribution in [3.05, 3.63) is 29.3 Å². The normalized spacial score (nSPS) is 16.4. The van der Waals surface area contributed by atoms with Gasteiger partial charge in [-0.2, -0.15) is 0 Å². The summed E-state index contributed by atoms with van der Waals surface area (Å²) in [5, 5.41) is 2.78. The molecule has 0 radical (unpaired) electrons. The van der Waals surface area contributed by atoms with E-state index in [-0.39, 0.29) is 11.8 Å². The van der Waals surface area contributed by atoms with Crippen molar-refractivity contribution < 1.29 is 9.59 Å². The second-order valence-electron chi connectivity index (χ2n) is 5.66. The molecule has 21 heavy (non-hydrogen) atoms. The minimum absolute atomic E-state index is 0.00962. The van der Waals surface area contributed by atoms with E-state index in [1.807, 2.05) is 11.8 Å². The summed E-state index contributed by atoms with van der Waals surface area (Å²) in [5.74, 6) is -0.262. The average Bonchev–Trinajstić information content (AvgIpc) is 2.49. The molecule has 5 heteroatoms. The summed E-state index contributed by atoms with van der Waals surface area (Å²) in [6, 6.07) is 4.69. The van der Waals surface area contributed by atoms with Crippen LogP contribution in [0.1, 0.15) is 42.1 Å². The summed E-state index contributed by atoms with van der Waals surface area (Å²) < 4.78 is 0. The zero-order chi connectivity index (χ0) is 15.4. The van der Waals surface area contributed by atoms with Gasteiger partial charge in [-0.15, -0.1) is 0 Å². The van der Waals surface area contributed by atoms with Crippen LogP contribution in [0.5, 0.6) is 0 Å². The van der Waals surface area contributed by atoms with Crippen LogP contribution in [0.3, 0.4) is 0 Å². The lowest BCUT2D eigenvalue weighted by molar-refractivity contribution is -0.133. The van der Waals surface area contributed by atoms with Crippen molar-refractivity contribution in [1.82, 2.24) is 10.2 Å². The van der Waals surface area contributed by atoms with Gasteiger partial charge in [0, 0.05) is 24.3 Å². The monoisotopic (exact) mass is 289 g/mol. The molecule has 2 rings (SSSR count). The summed E-state index contributed by atoms with van der Waals surface area (Å²) in [5.41, 5.74) is 7.63. The number of anilines is 1. The van der Waals surface area contributed by atoms with Gasteiger partial charge in [-0.1, -0.05) is 6.07 Å². The maximum Gasteiger partial charge on any atom is 0.252 e. The van der Waals surface area contributed by atoms with Crippen LogP contribution in [-0.4, -0.2) is 35.8 Å². The number of rotatable bonds is 3. The Labute approximate surface area is 125 Å². The molecule has 0 spiro atoms. The van der Waals surface area contributed by atoms with E-state index in [0.29, 0.717) is 11.3 Å². The molecule has 1 aliphatic heterocycles. The molecule has 1 aliphatic rings. The van der Waals surface area contributed by atoms with Crippen LogP contribution >= 0.6 is 0 Å². The average molecular weight is 289 g/mol. The molecule has 0 aromatic heterocycles. The van der Waals surface area contributed by atoms with Crippen molar-refractivity contribution in [3.63, 3.8) is 0 Å². The Balaban J connectivity index is 2.01. The summed E-state index contributed by atoms with van der Waals surface area (Å²) in [6.07, 6.45) is 3.26. The molecule has 1 atom stereocenters. The van der Waals surface area contributed by atoms with Crippen LogP contribution in [0.4, 0.5) is 5.69 Å². The molecule has 2 amide bonds. The van der Waals surface area contributed by atoms with E-state index in [4.69, 9.17) is 5.73 Å². The number of benzene rings is 1. The number of piperidine rings is 1. The Kier molecular flexibility index (Phi) is 4.83. The Morgan fingerprint density at radius 2 is 1.90 bits per heavy atom. The first-order chi connectivity index (χ1) is 9.99. The zero-order valence-corrected chi connectivity index (χ0v) is 12.7. The van der Waals surface area contributed by atoms with Gasteiger partial charge in [0.05, 0.1) is 0 Å². The van der Waals surface area contributed by atoms with Gasteiger partial charge in [-0.3, -0.25) is 9.59 Å². The maximum absolute atomic E-state index is 12.3. The van der Waals surface area contributed by atoms with Gasteiger partial charge in [-0.05, 0) is 50.8 Å². The summed E-state index contributed by atoms with van der Waals surface area (Å²) >= 11 is 0. The second kappa shape index (κ2) is 6.61. The van der Waals surface area contributed by atoms with E-state index in [9.17, 15) is 9.59 Å². The van der Waals surface area contributed by atoms with Crippen LogP contribution in [0.15, 0.2) is 18.2 Å². The second-order valence-corrected chi connectivity index (χ2v) is 5.66. The molecular weight excluding hydrogens is 266 g/mol. The molecule has 1 saturated heterocycles. The molecule has 3 N–H and O–H groups in total. The Bertz CT molecular complexity index is 536. The van der Waals surface area contributed by atoms with E-state index >= 15 is 0 Å². The van der Waals surface area contributed by atoms with Gasteiger partial charge in [0.2, 0.25) is 5.91 Å². The van der Waals surface area contributed by atoms with E-state index in [2.05, 4.69) is 5.32 Å². The van der Waals surface area contributed by atoms with Gasteiger partial charge in [-0.25, -0.2) is 0 Å². The first-order valence-corrected chi connectivity index (χ1v) is 7.45. The van der Waals surface area contributed by atoms with Crippen molar-refractivity contribution in [2.24, 2.45) is 0 Å². The van der Waals surface area contributed by atoms with E-state index in [1.54, 1.807) is 25.1 Å². The highest BCUT2D eigenvalue weighted by Crippen LogP contribution is 2.14. The third kappa shape index (κ3) is 3.74. The quantitative estimate of drug-likeness (QED) is 0.832. The number of nitrogen functional groups attached to an aromatic ring is 1. The smallest absolute Gasteiger partial charge is 0.252 e. The molecule has 0 bridgehead atoms. The first kappa shape index (κ1) is 15.4. The third-order valence-corrected chi connectivity index (χ3v) is 3.89. The third-order valence-electron chi connectivity index (χ3n) is 3.89. The molecule has 5 nitrogen and oxygen atoms in total. The van der Waals surface area contributed by atoms with Gasteiger partial charge in [0.1, 0.15) is 6.04 Å². The number of aryl methyl sites for hydroxylation is 1. The van der Waals surface area contributed by atoms with Crippen LogP contribution in [0.25, 0.3) is 0 Å². The van der Waals surface area contributed by atoms with E-state index in [1.165, 1.54) is 6.42 Å². The van der Waals surface area contributed by atoms with Crippen LogP contribution < -0.4 is 11.1 Å². The van der Waals surface area contributed by atoms with E-state index < -0.39 is 6.04 Å². The van der Waals surface area contributed by atoms with E-state index in [0.717, 1.165) is 31.5 Å². The van der Waals surface area contributed by atoms with Gasteiger partial charge < -0.3 is 16.0 Å². The fourth-order valence-corrected chi connectivity index (χ4v) is 2.61. The number of carbonyl (C=O) groups is 2. The predicted octanol–water partition coefficient (Wildman–Crippen LogP) is 1.71. The summed E-state index contributed by atoms with van der Waals surface area (Å²) in [7, 11) is 0.